The van der Waals surface area contributed by atoms with Crippen LogP contribution in [-0.2, 0) is 6.18 Å². The Morgan fingerprint density at radius 1 is 1.09 bits per heavy atom. The van der Waals surface area contributed by atoms with Gasteiger partial charge in [-0.25, -0.2) is 4.98 Å². The summed E-state index contributed by atoms with van der Waals surface area (Å²) in [4.78, 5) is 8.73. The van der Waals surface area contributed by atoms with Crippen molar-refractivity contribution in [3.63, 3.8) is 0 Å². The van der Waals surface area contributed by atoms with Crippen LogP contribution in [0.5, 0.6) is 0 Å². The van der Waals surface area contributed by atoms with Gasteiger partial charge in [0, 0.05) is 24.7 Å². The molecular weight excluding hydrogens is 376 g/mol. The molecule has 10 heteroatoms. The third-order valence-corrected chi connectivity index (χ3v) is 3.88. The highest BCUT2D eigenvalue weighted by molar-refractivity contribution is 6.45. The van der Waals surface area contributed by atoms with Crippen LogP contribution in [0.3, 0.4) is 0 Å². The van der Waals surface area contributed by atoms with Crippen molar-refractivity contribution in [2.45, 2.75) is 6.18 Å². The lowest BCUT2D eigenvalue weighted by Crippen LogP contribution is -2.19. The summed E-state index contributed by atoms with van der Waals surface area (Å²) in [6.07, 6.45) is -4.77. The first-order chi connectivity index (χ1) is 10.5. The Bertz CT molecular complexity index is 763. The highest BCUT2D eigenvalue weighted by Crippen LogP contribution is 2.44. The van der Waals surface area contributed by atoms with E-state index in [1.54, 1.807) is 0 Å². The molecule has 0 aliphatic heterocycles. The van der Waals surface area contributed by atoms with E-state index in [9.17, 15) is 13.2 Å². The van der Waals surface area contributed by atoms with Crippen molar-refractivity contribution in [2.24, 2.45) is 0 Å². The minimum atomic E-state index is -4.77. The molecule has 0 radical (unpaired) electrons. The third-order valence-electron chi connectivity index (χ3n) is 2.86. The van der Waals surface area contributed by atoms with Gasteiger partial charge in [-0.3, -0.25) is 0 Å². The number of hydrogen-bond acceptors (Lipinski definition) is 4. The smallest absolute Gasteiger partial charge is 0.383 e. The molecule has 0 aliphatic carbocycles. The summed E-state index contributed by atoms with van der Waals surface area (Å²) in [6.45, 7) is 0. The molecule has 1 aromatic carbocycles. The summed E-state index contributed by atoms with van der Waals surface area (Å²) >= 11 is 17.8. The van der Waals surface area contributed by atoms with Crippen molar-refractivity contribution in [1.29, 1.82) is 0 Å². The molecule has 0 unspecified atom stereocenters. The molecule has 23 heavy (non-hydrogen) atoms. The fourth-order valence-corrected chi connectivity index (χ4v) is 2.57. The SMILES string of the molecule is CN(C)c1nc(N)c(-c2cc(Cl)cc(Cl)c2Cl)c(C(F)(F)F)n1. The number of nitrogens with two attached hydrogens (primary N) is 1. The van der Waals surface area contributed by atoms with Gasteiger partial charge in [-0.05, 0) is 12.1 Å². The number of aromatic nitrogens is 2. The first-order valence-corrected chi connectivity index (χ1v) is 7.22. The Labute approximate surface area is 145 Å². The van der Waals surface area contributed by atoms with Gasteiger partial charge in [0.15, 0.2) is 5.69 Å². The Hall–Kier alpha value is -1.44. The quantitative estimate of drug-likeness (QED) is 0.757. The molecule has 2 aromatic rings. The minimum Gasteiger partial charge on any atom is -0.383 e. The van der Waals surface area contributed by atoms with Crippen LogP contribution in [0.1, 0.15) is 5.69 Å². The molecule has 1 aromatic heterocycles. The van der Waals surface area contributed by atoms with Gasteiger partial charge in [0.1, 0.15) is 5.82 Å². The average molecular weight is 386 g/mol. The molecule has 0 saturated carbocycles. The van der Waals surface area contributed by atoms with Crippen molar-refractivity contribution in [2.75, 3.05) is 24.7 Å². The van der Waals surface area contributed by atoms with Gasteiger partial charge in [0.25, 0.3) is 0 Å². The summed E-state index contributed by atoms with van der Waals surface area (Å²) in [7, 11) is 3.00. The molecular formula is C13H10Cl3F3N4. The highest BCUT2D eigenvalue weighted by Gasteiger charge is 2.38. The summed E-state index contributed by atoms with van der Waals surface area (Å²) in [5, 5.41) is -0.00791. The zero-order valence-corrected chi connectivity index (χ0v) is 14.1. The van der Waals surface area contributed by atoms with E-state index < -0.39 is 17.4 Å². The molecule has 0 atom stereocenters. The lowest BCUT2D eigenvalue weighted by molar-refractivity contribution is -0.140. The summed E-state index contributed by atoms with van der Waals surface area (Å²) in [6, 6.07) is 2.54. The number of alkyl halides is 3. The van der Waals surface area contributed by atoms with Gasteiger partial charge >= 0.3 is 6.18 Å². The lowest BCUT2D eigenvalue weighted by Gasteiger charge is -2.19. The maximum atomic E-state index is 13.4. The maximum Gasteiger partial charge on any atom is 0.434 e. The van der Waals surface area contributed by atoms with Crippen LogP contribution in [0.4, 0.5) is 24.9 Å². The topological polar surface area (TPSA) is 55.0 Å². The largest absolute Gasteiger partial charge is 0.434 e. The second-order valence-corrected chi connectivity index (χ2v) is 6.00. The Morgan fingerprint density at radius 3 is 2.22 bits per heavy atom. The Kier molecular flexibility index (Phi) is 4.84. The van der Waals surface area contributed by atoms with Gasteiger partial charge in [0.2, 0.25) is 5.95 Å². The van der Waals surface area contributed by atoms with E-state index in [1.807, 2.05) is 0 Å². The first-order valence-electron chi connectivity index (χ1n) is 6.09. The molecule has 0 fully saturated rings. The van der Waals surface area contributed by atoms with Crippen molar-refractivity contribution < 1.29 is 13.2 Å². The summed E-state index contributed by atoms with van der Waals surface area (Å²) in [5.74, 6) is -0.556. The van der Waals surface area contributed by atoms with Gasteiger partial charge < -0.3 is 10.6 Å². The molecule has 0 saturated heterocycles. The predicted octanol–water partition coefficient (Wildman–Crippen LogP) is 4.77. The summed E-state index contributed by atoms with van der Waals surface area (Å²) in [5.41, 5.74) is 3.98. The van der Waals surface area contributed by atoms with Crippen LogP contribution in [-0.4, -0.2) is 24.1 Å². The van der Waals surface area contributed by atoms with Crippen molar-refractivity contribution in [1.82, 2.24) is 9.97 Å². The number of halogens is 6. The van der Waals surface area contributed by atoms with Gasteiger partial charge in [0.05, 0.1) is 15.6 Å². The number of anilines is 2. The third kappa shape index (κ3) is 3.57. The number of nitrogens with zero attached hydrogens (tertiary/aromatic N) is 3. The van der Waals surface area contributed by atoms with Gasteiger partial charge in [-0.2, -0.15) is 18.2 Å². The second-order valence-electron chi connectivity index (χ2n) is 4.77. The molecule has 2 rings (SSSR count). The zero-order chi connectivity index (χ0) is 17.5. The number of benzene rings is 1. The number of nitrogen functional groups attached to an aromatic ring is 1. The predicted molar refractivity (Wildman–Crippen MR) is 86.2 cm³/mol. The van der Waals surface area contributed by atoms with E-state index in [4.69, 9.17) is 40.5 Å². The number of rotatable bonds is 2. The normalized spacial score (nSPS) is 11.7. The van der Waals surface area contributed by atoms with Gasteiger partial charge in [-0.1, -0.05) is 34.8 Å². The van der Waals surface area contributed by atoms with Crippen LogP contribution < -0.4 is 10.6 Å². The lowest BCUT2D eigenvalue weighted by atomic mass is 10.0. The van der Waals surface area contributed by atoms with E-state index in [-0.39, 0.29) is 32.4 Å². The van der Waals surface area contributed by atoms with Crippen LogP contribution >= 0.6 is 34.8 Å². The van der Waals surface area contributed by atoms with E-state index in [0.29, 0.717) is 0 Å². The van der Waals surface area contributed by atoms with E-state index in [0.717, 1.165) is 0 Å². The first kappa shape index (κ1) is 17.9. The van der Waals surface area contributed by atoms with Crippen molar-refractivity contribution in [3.8, 4) is 11.1 Å². The van der Waals surface area contributed by atoms with Crippen molar-refractivity contribution in [3.05, 3.63) is 32.9 Å². The fraction of sp³-hybridized carbons (Fsp3) is 0.231. The molecule has 0 amide bonds. The Morgan fingerprint density at radius 2 is 1.70 bits per heavy atom. The molecule has 0 aliphatic rings. The molecule has 2 N–H and O–H groups in total. The van der Waals surface area contributed by atoms with Crippen LogP contribution in [0.2, 0.25) is 15.1 Å². The summed E-state index contributed by atoms with van der Waals surface area (Å²) < 4.78 is 40.3. The fourth-order valence-electron chi connectivity index (χ4n) is 1.87. The van der Waals surface area contributed by atoms with E-state index >= 15 is 0 Å². The number of hydrogen-bond donors (Lipinski definition) is 1. The van der Waals surface area contributed by atoms with Crippen LogP contribution in [0.25, 0.3) is 11.1 Å². The van der Waals surface area contributed by atoms with Crippen LogP contribution in [0, 0.1) is 0 Å². The van der Waals surface area contributed by atoms with Gasteiger partial charge in [-0.15, -0.1) is 0 Å². The molecule has 4 nitrogen and oxygen atoms in total. The Balaban J connectivity index is 2.87. The second kappa shape index (κ2) is 6.22. The maximum absolute atomic E-state index is 13.4. The monoisotopic (exact) mass is 384 g/mol. The van der Waals surface area contributed by atoms with E-state index in [1.165, 1.54) is 31.1 Å². The van der Waals surface area contributed by atoms with E-state index in [2.05, 4.69) is 9.97 Å². The molecule has 1 heterocycles. The molecule has 124 valence electrons. The minimum absolute atomic E-state index is 0.00150. The standard InChI is InChI=1S/C13H10Cl3F3N4/c1-23(2)12-21-10(13(17,18)19)8(11(20)22-12)6-3-5(14)4-7(15)9(6)16/h3-4H,1-2H3,(H2,20,21,22). The average Bonchev–Trinajstić information content (AvgIpc) is 2.41. The van der Waals surface area contributed by atoms with Crippen molar-refractivity contribution >= 4 is 46.6 Å². The zero-order valence-electron chi connectivity index (χ0n) is 11.8. The highest BCUT2D eigenvalue weighted by atomic mass is 35.5. The van der Waals surface area contributed by atoms with Crippen LogP contribution in [0.15, 0.2) is 12.1 Å². The molecule has 0 spiro atoms. The molecule has 0 bridgehead atoms.